The molecule has 0 radical (unpaired) electrons. The number of hydrogen-bond acceptors (Lipinski definition) is 7. The second-order valence-electron chi connectivity index (χ2n) is 9.52. The molecule has 0 aliphatic carbocycles. The molecule has 2 aromatic heterocycles. The van der Waals surface area contributed by atoms with Crippen molar-refractivity contribution in [2.75, 3.05) is 31.8 Å². The summed E-state index contributed by atoms with van der Waals surface area (Å²) < 4.78 is 14.8. The van der Waals surface area contributed by atoms with Gasteiger partial charge in [0.05, 0.1) is 18.5 Å². The van der Waals surface area contributed by atoms with Crippen molar-refractivity contribution >= 4 is 17.4 Å². The quantitative estimate of drug-likeness (QED) is 0.289. The van der Waals surface area contributed by atoms with Gasteiger partial charge < -0.3 is 18.9 Å². The molecule has 3 aliphatic heterocycles. The number of benzene rings is 1. The third kappa shape index (κ3) is 4.39. The minimum Gasteiger partial charge on any atom is -0.462 e. The normalized spacial score (nSPS) is 14.3. The zero-order chi connectivity index (χ0) is 26.1. The average molecular weight is 511 g/mol. The first-order valence-corrected chi connectivity index (χ1v) is 13.0. The number of hydrogen-bond donors (Lipinski definition) is 0. The van der Waals surface area contributed by atoms with Gasteiger partial charge in [-0.15, -0.1) is 0 Å². The Hall–Kier alpha value is -4.24. The summed E-state index contributed by atoms with van der Waals surface area (Å²) >= 11 is 0. The van der Waals surface area contributed by atoms with E-state index in [1.807, 2.05) is 37.5 Å². The monoisotopic (exact) mass is 510 g/mol. The van der Waals surface area contributed by atoms with Gasteiger partial charge in [-0.05, 0) is 37.5 Å². The van der Waals surface area contributed by atoms with E-state index in [1.165, 1.54) is 6.20 Å². The highest BCUT2D eigenvalue weighted by atomic mass is 16.5. The molecule has 6 rings (SSSR count). The number of pyridine rings is 1. The molecule has 0 N–H and O–H groups in total. The molecule has 38 heavy (non-hydrogen) atoms. The molecule has 9 nitrogen and oxygen atoms in total. The van der Waals surface area contributed by atoms with Crippen molar-refractivity contribution in [1.29, 1.82) is 0 Å². The van der Waals surface area contributed by atoms with Crippen LogP contribution in [0.4, 0.5) is 5.82 Å². The Bertz CT molecular complexity index is 1540. The molecule has 5 heterocycles. The number of carbonyl (C=O) groups is 1. The Kier molecular flexibility index (Phi) is 6.51. The molecule has 9 heteroatoms. The van der Waals surface area contributed by atoms with Crippen LogP contribution < -0.4 is 4.90 Å². The standard InChI is InChI=1S/C29H30N6O3/c1-3-38-29(36)24-18-31-35-26(33(2)19-20-8-5-4-6-9-20)16-25(32-28(24)35)23-17-30-27-22(23)10-7-13-34(27)21-11-14-37-15-12-21/h4-10,13,16-18,21H,3,11-12,14-15,19H2,1-2H3. The van der Waals surface area contributed by atoms with E-state index < -0.39 is 5.97 Å². The van der Waals surface area contributed by atoms with Crippen LogP contribution in [0.2, 0.25) is 0 Å². The van der Waals surface area contributed by atoms with Gasteiger partial charge in [0.25, 0.3) is 0 Å². The number of nitrogens with zero attached hydrogens (tertiary/aromatic N) is 6. The van der Waals surface area contributed by atoms with Crippen LogP contribution in [0.25, 0.3) is 28.3 Å². The molecule has 0 spiro atoms. The number of carbonyl (C=O) groups excluding carboxylic acids is 1. The molecule has 0 atom stereocenters. The van der Waals surface area contributed by atoms with Gasteiger partial charge in [-0.1, -0.05) is 30.3 Å². The molecule has 1 aromatic carbocycles. The molecular formula is C29H30N6O3. The van der Waals surface area contributed by atoms with Gasteiger partial charge >= 0.3 is 5.97 Å². The van der Waals surface area contributed by atoms with Crippen LogP contribution in [-0.2, 0) is 16.0 Å². The van der Waals surface area contributed by atoms with Gasteiger partial charge in [0.1, 0.15) is 17.2 Å². The molecule has 1 fully saturated rings. The highest BCUT2D eigenvalue weighted by molar-refractivity contribution is 5.96. The van der Waals surface area contributed by atoms with Crippen molar-refractivity contribution in [3.63, 3.8) is 0 Å². The largest absolute Gasteiger partial charge is 0.462 e. The average Bonchev–Trinajstić information content (AvgIpc) is 3.58. The topological polar surface area (TPSA) is 86.8 Å². The van der Waals surface area contributed by atoms with Crippen molar-refractivity contribution in [3.05, 3.63) is 78.2 Å². The Balaban J connectivity index is 1.46. The zero-order valence-corrected chi connectivity index (χ0v) is 21.6. The van der Waals surface area contributed by atoms with Crippen LogP contribution in [0, 0.1) is 0 Å². The number of ether oxygens (including phenoxy) is 2. The molecule has 0 saturated carbocycles. The van der Waals surface area contributed by atoms with Crippen molar-refractivity contribution in [1.82, 2.24) is 24.1 Å². The molecular weight excluding hydrogens is 480 g/mol. The number of esters is 1. The maximum absolute atomic E-state index is 12.8. The Morgan fingerprint density at radius 2 is 1.92 bits per heavy atom. The van der Waals surface area contributed by atoms with E-state index in [4.69, 9.17) is 19.4 Å². The summed E-state index contributed by atoms with van der Waals surface area (Å²) in [6, 6.07) is 16.7. The summed E-state index contributed by atoms with van der Waals surface area (Å²) in [6.45, 7) is 4.25. The third-order valence-corrected chi connectivity index (χ3v) is 7.06. The molecule has 3 aliphatic rings. The van der Waals surface area contributed by atoms with Gasteiger partial charge in [0, 0.05) is 62.4 Å². The van der Waals surface area contributed by atoms with Crippen molar-refractivity contribution in [3.8, 4) is 22.6 Å². The highest BCUT2D eigenvalue weighted by Crippen LogP contribution is 2.37. The van der Waals surface area contributed by atoms with E-state index in [9.17, 15) is 4.79 Å². The Morgan fingerprint density at radius 1 is 1.11 bits per heavy atom. The van der Waals surface area contributed by atoms with Gasteiger partial charge in [0.15, 0.2) is 5.65 Å². The molecule has 194 valence electrons. The number of fused-ring (bicyclic) bond motifs is 2. The van der Waals surface area contributed by atoms with Crippen LogP contribution in [0.15, 0.2) is 67.1 Å². The van der Waals surface area contributed by atoms with E-state index in [2.05, 4.69) is 45.0 Å². The Morgan fingerprint density at radius 3 is 2.71 bits per heavy atom. The lowest BCUT2D eigenvalue weighted by molar-refractivity contribution is 0.0528. The maximum atomic E-state index is 12.8. The van der Waals surface area contributed by atoms with Crippen molar-refractivity contribution in [2.45, 2.75) is 32.4 Å². The molecule has 0 amide bonds. The van der Waals surface area contributed by atoms with E-state index >= 15 is 0 Å². The van der Waals surface area contributed by atoms with Crippen molar-refractivity contribution in [2.24, 2.45) is 0 Å². The molecule has 0 bridgehead atoms. The molecule has 0 unspecified atom stereocenters. The van der Waals surface area contributed by atoms with Crippen LogP contribution >= 0.6 is 0 Å². The second-order valence-corrected chi connectivity index (χ2v) is 9.52. The van der Waals surface area contributed by atoms with E-state index in [0.717, 1.165) is 60.1 Å². The van der Waals surface area contributed by atoms with Crippen molar-refractivity contribution < 1.29 is 14.3 Å². The van der Waals surface area contributed by atoms with Crippen LogP contribution in [0.5, 0.6) is 0 Å². The lowest BCUT2D eigenvalue weighted by atomic mass is 10.0. The predicted octanol–water partition coefficient (Wildman–Crippen LogP) is 4.86. The fourth-order valence-electron chi connectivity index (χ4n) is 5.17. The summed E-state index contributed by atoms with van der Waals surface area (Å²) in [5.74, 6) is 1.30. The van der Waals surface area contributed by atoms with Gasteiger partial charge in [-0.25, -0.2) is 14.8 Å². The third-order valence-electron chi connectivity index (χ3n) is 7.06. The second kappa shape index (κ2) is 10.3. The number of aromatic nitrogens is 5. The lowest BCUT2D eigenvalue weighted by Gasteiger charge is -2.26. The first-order valence-electron chi connectivity index (χ1n) is 13.0. The van der Waals surface area contributed by atoms with Gasteiger partial charge in [-0.3, -0.25) is 0 Å². The number of rotatable bonds is 7. The fourth-order valence-corrected chi connectivity index (χ4v) is 5.17. The van der Waals surface area contributed by atoms with Crippen LogP contribution in [0.1, 0.15) is 41.7 Å². The SMILES string of the molecule is CCOC(=O)c1cnn2c(N(C)Cc3ccccc3)cc(-c3cnc4n(C5CCOCC5)cccc3-4)nc12. The number of anilines is 1. The van der Waals surface area contributed by atoms with E-state index in [-0.39, 0.29) is 6.61 Å². The molecule has 3 aromatic rings. The lowest BCUT2D eigenvalue weighted by Crippen LogP contribution is -2.21. The van der Waals surface area contributed by atoms with E-state index in [1.54, 1.807) is 11.4 Å². The fraction of sp³-hybridized carbons (Fsp3) is 0.310. The minimum atomic E-state index is -0.438. The van der Waals surface area contributed by atoms with Crippen LogP contribution in [-0.4, -0.2) is 57.0 Å². The van der Waals surface area contributed by atoms with Crippen LogP contribution in [0.3, 0.4) is 0 Å². The van der Waals surface area contributed by atoms with Gasteiger partial charge in [-0.2, -0.15) is 9.61 Å². The zero-order valence-electron chi connectivity index (χ0n) is 21.6. The first-order chi connectivity index (χ1) is 18.6. The minimum absolute atomic E-state index is 0.278. The summed E-state index contributed by atoms with van der Waals surface area (Å²) in [6.07, 6.45) is 7.43. The summed E-state index contributed by atoms with van der Waals surface area (Å²) in [5.41, 5.74) is 4.62. The first kappa shape index (κ1) is 24.1. The summed E-state index contributed by atoms with van der Waals surface area (Å²) in [7, 11) is 2.01. The highest BCUT2D eigenvalue weighted by Gasteiger charge is 2.25. The predicted molar refractivity (Wildman–Crippen MR) is 144 cm³/mol. The summed E-state index contributed by atoms with van der Waals surface area (Å²) in [4.78, 5) is 24.6. The Labute approximate surface area is 221 Å². The maximum Gasteiger partial charge on any atom is 0.343 e. The smallest absolute Gasteiger partial charge is 0.343 e. The summed E-state index contributed by atoms with van der Waals surface area (Å²) in [5, 5.41) is 4.52. The van der Waals surface area contributed by atoms with Gasteiger partial charge in [0.2, 0.25) is 0 Å². The van der Waals surface area contributed by atoms with E-state index in [0.29, 0.717) is 23.8 Å². The molecule has 1 saturated heterocycles.